The standard InChI is InChI=1S/C13H30N4.C2H6/c14-5-1-3-7-16-10-12-9-13(12)11-17-8-4-2-6-15;1-2/h12-13,16-17H,1-11,14-15H2;1-2H3. The summed E-state index contributed by atoms with van der Waals surface area (Å²) in [5, 5.41) is 7.05. The van der Waals surface area contributed by atoms with Crippen LogP contribution in [-0.4, -0.2) is 39.3 Å². The van der Waals surface area contributed by atoms with Gasteiger partial charge in [0.15, 0.2) is 0 Å². The highest BCUT2D eigenvalue weighted by molar-refractivity contribution is 4.89. The van der Waals surface area contributed by atoms with Gasteiger partial charge < -0.3 is 22.1 Å². The Kier molecular flexibility index (Phi) is 14.1. The van der Waals surface area contributed by atoms with Crippen LogP contribution >= 0.6 is 0 Å². The van der Waals surface area contributed by atoms with Gasteiger partial charge in [-0.25, -0.2) is 0 Å². The lowest BCUT2D eigenvalue weighted by molar-refractivity contribution is 0.541. The average Bonchev–Trinajstić information content (AvgIpc) is 3.19. The van der Waals surface area contributed by atoms with Crippen molar-refractivity contribution in [1.29, 1.82) is 0 Å². The Balaban J connectivity index is 0.00000154. The molecule has 0 aromatic carbocycles. The minimum atomic E-state index is 0.820. The second-order valence-electron chi connectivity index (χ2n) is 5.16. The summed E-state index contributed by atoms with van der Waals surface area (Å²) in [7, 11) is 0. The van der Waals surface area contributed by atoms with Crippen molar-refractivity contribution in [3.63, 3.8) is 0 Å². The molecule has 1 aliphatic carbocycles. The first-order valence-electron chi connectivity index (χ1n) is 8.20. The summed E-state index contributed by atoms with van der Waals surface area (Å²) in [4.78, 5) is 0. The van der Waals surface area contributed by atoms with Crippen molar-refractivity contribution >= 4 is 0 Å². The molecule has 0 aromatic heterocycles. The maximum Gasteiger partial charge on any atom is -0.00173 e. The molecule has 0 spiro atoms. The maximum atomic E-state index is 5.45. The zero-order valence-electron chi connectivity index (χ0n) is 13.1. The lowest BCUT2D eigenvalue weighted by Gasteiger charge is -2.05. The molecule has 4 heteroatoms. The van der Waals surface area contributed by atoms with Crippen molar-refractivity contribution < 1.29 is 0 Å². The minimum absolute atomic E-state index is 0.820. The quantitative estimate of drug-likeness (QED) is 0.404. The van der Waals surface area contributed by atoms with Gasteiger partial charge in [-0.05, 0) is 83.2 Å². The van der Waals surface area contributed by atoms with Gasteiger partial charge in [0.05, 0.1) is 0 Å². The van der Waals surface area contributed by atoms with Crippen LogP contribution in [0.1, 0.15) is 46.0 Å². The predicted octanol–water partition coefficient (Wildman–Crippen LogP) is 1.31. The molecule has 0 radical (unpaired) electrons. The highest BCUT2D eigenvalue weighted by atomic mass is 14.9. The number of nitrogens with two attached hydrogens (primary N) is 2. The first kappa shape index (κ1) is 18.8. The van der Waals surface area contributed by atoms with E-state index in [4.69, 9.17) is 11.5 Å². The normalized spacial score (nSPS) is 20.8. The van der Waals surface area contributed by atoms with E-state index in [-0.39, 0.29) is 0 Å². The molecular formula is C15H36N4. The number of hydrogen-bond acceptors (Lipinski definition) is 4. The molecule has 2 unspecified atom stereocenters. The van der Waals surface area contributed by atoms with Crippen LogP contribution in [0.5, 0.6) is 0 Å². The fourth-order valence-electron chi connectivity index (χ4n) is 2.17. The molecule has 116 valence electrons. The van der Waals surface area contributed by atoms with E-state index in [2.05, 4.69) is 10.6 Å². The molecule has 19 heavy (non-hydrogen) atoms. The van der Waals surface area contributed by atoms with Gasteiger partial charge in [-0.2, -0.15) is 0 Å². The first-order chi connectivity index (χ1) is 9.38. The molecule has 0 aromatic rings. The lowest BCUT2D eigenvalue weighted by atomic mass is 10.2. The Morgan fingerprint density at radius 3 is 1.58 bits per heavy atom. The summed E-state index contributed by atoms with van der Waals surface area (Å²) >= 11 is 0. The zero-order chi connectivity index (χ0) is 14.3. The van der Waals surface area contributed by atoms with Crippen molar-refractivity contribution in [2.75, 3.05) is 39.3 Å². The van der Waals surface area contributed by atoms with Crippen molar-refractivity contribution in [3.05, 3.63) is 0 Å². The second-order valence-corrected chi connectivity index (χ2v) is 5.16. The summed E-state index contributed by atoms with van der Waals surface area (Å²) in [6.45, 7) is 10.3. The third-order valence-electron chi connectivity index (χ3n) is 3.50. The van der Waals surface area contributed by atoms with E-state index < -0.39 is 0 Å². The molecule has 0 bridgehead atoms. The largest absolute Gasteiger partial charge is 0.330 e. The van der Waals surface area contributed by atoms with E-state index >= 15 is 0 Å². The molecule has 0 aliphatic heterocycles. The van der Waals surface area contributed by atoms with Crippen molar-refractivity contribution in [2.24, 2.45) is 23.3 Å². The van der Waals surface area contributed by atoms with Gasteiger partial charge in [0.1, 0.15) is 0 Å². The van der Waals surface area contributed by atoms with Crippen molar-refractivity contribution in [3.8, 4) is 0 Å². The number of nitrogens with one attached hydrogen (secondary N) is 2. The molecule has 0 heterocycles. The van der Waals surface area contributed by atoms with Crippen LogP contribution in [0, 0.1) is 11.8 Å². The Morgan fingerprint density at radius 1 is 0.789 bits per heavy atom. The zero-order valence-corrected chi connectivity index (χ0v) is 13.1. The molecule has 0 saturated heterocycles. The van der Waals surface area contributed by atoms with E-state index in [0.29, 0.717) is 0 Å². The van der Waals surface area contributed by atoms with Crippen LogP contribution in [0.4, 0.5) is 0 Å². The van der Waals surface area contributed by atoms with Crippen molar-refractivity contribution in [2.45, 2.75) is 46.0 Å². The van der Waals surface area contributed by atoms with Crippen LogP contribution in [-0.2, 0) is 0 Å². The van der Waals surface area contributed by atoms with Gasteiger partial charge in [-0.1, -0.05) is 13.8 Å². The average molecular weight is 272 g/mol. The molecule has 1 fully saturated rings. The first-order valence-corrected chi connectivity index (χ1v) is 8.20. The predicted molar refractivity (Wildman–Crippen MR) is 85.3 cm³/mol. The van der Waals surface area contributed by atoms with Crippen LogP contribution < -0.4 is 22.1 Å². The second kappa shape index (κ2) is 14.3. The molecule has 1 aliphatic rings. The number of unbranched alkanes of at least 4 members (excludes halogenated alkanes) is 2. The summed E-state index contributed by atoms with van der Waals surface area (Å²) in [6, 6.07) is 0. The van der Waals surface area contributed by atoms with Gasteiger partial charge in [0.2, 0.25) is 0 Å². The molecule has 4 nitrogen and oxygen atoms in total. The van der Waals surface area contributed by atoms with E-state index in [1.807, 2.05) is 13.8 Å². The summed E-state index contributed by atoms with van der Waals surface area (Å²) in [5.74, 6) is 1.82. The van der Waals surface area contributed by atoms with Gasteiger partial charge in [0.25, 0.3) is 0 Å². The smallest absolute Gasteiger partial charge is 0.00173 e. The molecule has 6 N–H and O–H groups in total. The number of hydrogen-bond donors (Lipinski definition) is 4. The van der Waals surface area contributed by atoms with E-state index in [9.17, 15) is 0 Å². The highest BCUT2D eigenvalue weighted by Gasteiger charge is 2.35. The summed E-state index contributed by atoms with van der Waals surface area (Å²) < 4.78 is 0. The van der Waals surface area contributed by atoms with Gasteiger partial charge in [-0.3, -0.25) is 0 Å². The summed E-state index contributed by atoms with van der Waals surface area (Å²) in [5.41, 5.74) is 10.9. The molecule has 1 saturated carbocycles. The Bertz CT molecular complexity index is 158. The number of rotatable bonds is 12. The topological polar surface area (TPSA) is 76.1 Å². The van der Waals surface area contributed by atoms with Crippen LogP contribution in [0.25, 0.3) is 0 Å². The van der Waals surface area contributed by atoms with Gasteiger partial charge in [-0.15, -0.1) is 0 Å². The summed E-state index contributed by atoms with van der Waals surface area (Å²) in [6.07, 6.45) is 6.11. The Morgan fingerprint density at radius 2 is 1.21 bits per heavy atom. The Hall–Kier alpha value is -0.160. The van der Waals surface area contributed by atoms with Crippen molar-refractivity contribution in [1.82, 2.24) is 10.6 Å². The minimum Gasteiger partial charge on any atom is -0.330 e. The SMILES string of the molecule is CC.NCCCCNCC1CC1CNCCCCN. The molecular weight excluding hydrogens is 236 g/mol. The monoisotopic (exact) mass is 272 g/mol. The molecule has 2 atom stereocenters. The van der Waals surface area contributed by atoms with Crippen LogP contribution in [0.2, 0.25) is 0 Å². The van der Waals surface area contributed by atoms with Gasteiger partial charge >= 0.3 is 0 Å². The highest BCUT2D eigenvalue weighted by Crippen LogP contribution is 2.36. The lowest BCUT2D eigenvalue weighted by Crippen LogP contribution is -2.23. The van der Waals surface area contributed by atoms with Gasteiger partial charge in [0, 0.05) is 0 Å². The fraction of sp³-hybridized carbons (Fsp3) is 1.00. The fourth-order valence-corrected chi connectivity index (χ4v) is 2.17. The van der Waals surface area contributed by atoms with E-state index in [1.165, 1.54) is 32.4 Å². The third kappa shape index (κ3) is 11.4. The maximum absolute atomic E-state index is 5.45. The van der Waals surface area contributed by atoms with Crippen LogP contribution in [0.3, 0.4) is 0 Å². The van der Waals surface area contributed by atoms with Crippen LogP contribution in [0.15, 0.2) is 0 Å². The van der Waals surface area contributed by atoms with E-state index in [0.717, 1.165) is 50.9 Å². The Labute approximate surface area is 120 Å². The molecule has 0 amide bonds. The van der Waals surface area contributed by atoms with E-state index in [1.54, 1.807) is 0 Å². The third-order valence-corrected chi connectivity index (χ3v) is 3.50. The molecule has 1 rings (SSSR count).